The molecule has 0 fully saturated rings. The fourth-order valence-electron chi connectivity index (χ4n) is 0.764. The Hall–Kier alpha value is -1.12. The minimum absolute atomic E-state index is 0.285. The SMILES string of the molecule is CC(C)Nn1ccc(O)c1. The number of nitrogens with one attached hydrogen (secondary N) is 1. The zero-order valence-corrected chi connectivity index (χ0v) is 6.20. The molecule has 0 radical (unpaired) electrons. The van der Waals surface area contributed by atoms with Crippen LogP contribution in [0.2, 0.25) is 0 Å². The van der Waals surface area contributed by atoms with Gasteiger partial charge in [-0.3, -0.25) is 4.68 Å². The minimum atomic E-state index is 0.285. The van der Waals surface area contributed by atoms with Gasteiger partial charge < -0.3 is 10.5 Å². The van der Waals surface area contributed by atoms with E-state index >= 15 is 0 Å². The highest BCUT2D eigenvalue weighted by Crippen LogP contribution is 2.05. The van der Waals surface area contributed by atoms with Gasteiger partial charge in [0.1, 0.15) is 5.75 Å². The van der Waals surface area contributed by atoms with Crippen molar-refractivity contribution in [1.29, 1.82) is 0 Å². The molecule has 0 bridgehead atoms. The molecule has 1 aromatic rings. The van der Waals surface area contributed by atoms with E-state index in [-0.39, 0.29) is 5.75 Å². The van der Waals surface area contributed by atoms with Crippen LogP contribution in [0.5, 0.6) is 5.75 Å². The Morgan fingerprint density at radius 1 is 1.60 bits per heavy atom. The number of aromatic nitrogens is 1. The summed E-state index contributed by atoms with van der Waals surface area (Å²) in [4.78, 5) is 0. The van der Waals surface area contributed by atoms with Crippen LogP contribution in [0.4, 0.5) is 0 Å². The molecule has 0 amide bonds. The Labute approximate surface area is 60.3 Å². The van der Waals surface area contributed by atoms with Crippen molar-refractivity contribution in [3.8, 4) is 5.75 Å². The van der Waals surface area contributed by atoms with Gasteiger partial charge in [0.2, 0.25) is 0 Å². The highest BCUT2D eigenvalue weighted by Gasteiger charge is 1.93. The standard InChI is InChI=1S/C7H12N2O/c1-6(2)8-9-4-3-7(10)5-9/h3-6,8,10H,1-2H3. The highest BCUT2D eigenvalue weighted by atomic mass is 16.3. The van der Waals surface area contributed by atoms with Crippen molar-refractivity contribution in [1.82, 2.24) is 4.68 Å². The van der Waals surface area contributed by atoms with E-state index in [1.165, 1.54) is 0 Å². The van der Waals surface area contributed by atoms with Gasteiger partial charge >= 0.3 is 0 Å². The topological polar surface area (TPSA) is 37.2 Å². The van der Waals surface area contributed by atoms with Gasteiger partial charge in [-0.15, -0.1) is 0 Å². The molecule has 2 N–H and O–H groups in total. The predicted molar refractivity (Wildman–Crippen MR) is 40.6 cm³/mol. The molecule has 0 spiro atoms. The smallest absolute Gasteiger partial charge is 0.135 e. The molecule has 0 aliphatic rings. The van der Waals surface area contributed by atoms with E-state index in [0.717, 1.165) is 0 Å². The zero-order valence-electron chi connectivity index (χ0n) is 6.20. The Balaban J connectivity index is 2.58. The predicted octanol–water partition coefficient (Wildman–Crippen LogP) is 1.15. The molecule has 0 aromatic carbocycles. The number of nitrogens with zero attached hydrogens (tertiary/aromatic N) is 1. The molecule has 1 aromatic heterocycles. The first-order chi connectivity index (χ1) is 4.68. The third-order valence-electron chi connectivity index (χ3n) is 1.08. The van der Waals surface area contributed by atoms with Crippen LogP contribution in [0.25, 0.3) is 0 Å². The van der Waals surface area contributed by atoms with E-state index in [1.807, 2.05) is 13.8 Å². The van der Waals surface area contributed by atoms with Crippen LogP contribution in [0.3, 0.4) is 0 Å². The lowest BCUT2D eigenvalue weighted by atomic mass is 10.4. The van der Waals surface area contributed by atoms with Crippen molar-refractivity contribution < 1.29 is 5.11 Å². The van der Waals surface area contributed by atoms with Gasteiger partial charge in [0.15, 0.2) is 0 Å². The molecule has 0 aliphatic carbocycles. The molecular weight excluding hydrogens is 128 g/mol. The van der Waals surface area contributed by atoms with Gasteiger partial charge in [0.25, 0.3) is 0 Å². The summed E-state index contributed by atoms with van der Waals surface area (Å²) >= 11 is 0. The fraction of sp³-hybridized carbons (Fsp3) is 0.429. The normalized spacial score (nSPS) is 10.3. The first kappa shape index (κ1) is 6.99. The maximum Gasteiger partial charge on any atom is 0.135 e. The molecule has 0 atom stereocenters. The van der Waals surface area contributed by atoms with Gasteiger partial charge in [-0.05, 0) is 19.9 Å². The lowest BCUT2D eigenvalue weighted by Gasteiger charge is -2.09. The molecule has 1 heterocycles. The molecule has 3 heteroatoms. The first-order valence-electron chi connectivity index (χ1n) is 3.32. The van der Waals surface area contributed by atoms with Crippen molar-refractivity contribution in [3.63, 3.8) is 0 Å². The van der Waals surface area contributed by atoms with Crippen LogP contribution >= 0.6 is 0 Å². The second-order valence-electron chi connectivity index (χ2n) is 2.56. The zero-order chi connectivity index (χ0) is 7.56. The van der Waals surface area contributed by atoms with Gasteiger partial charge in [-0.25, -0.2) is 0 Å². The van der Waals surface area contributed by atoms with Crippen LogP contribution in [0.1, 0.15) is 13.8 Å². The lowest BCUT2D eigenvalue weighted by molar-refractivity contribution is 0.474. The average molecular weight is 140 g/mol. The highest BCUT2D eigenvalue weighted by molar-refractivity contribution is 5.15. The molecule has 3 nitrogen and oxygen atoms in total. The van der Waals surface area contributed by atoms with Crippen molar-refractivity contribution in [3.05, 3.63) is 18.5 Å². The number of hydrogen-bond acceptors (Lipinski definition) is 2. The number of rotatable bonds is 2. The largest absolute Gasteiger partial charge is 0.506 e. The summed E-state index contributed by atoms with van der Waals surface area (Å²) < 4.78 is 1.74. The van der Waals surface area contributed by atoms with E-state index in [4.69, 9.17) is 5.11 Å². The first-order valence-corrected chi connectivity index (χ1v) is 3.32. The van der Waals surface area contributed by atoms with E-state index in [1.54, 1.807) is 23.1 Å². The van der Waals surface area contributed by atoms with E-state index in [2.05, 4.69) is 5.43 Å². The molecule has 0 aliphatic heterocycles. The average Bonchev–Trinajstić information content (AvgIpc) is 2.13. The third-order valence-corrected chi connectivity index (χ3v) is 1.08. The third kappa shape index (κ3) is 1.69. The van der Waals surface area contributed by atoms with Gasteiger partial charge in [-0.1, -0.05) is 0 Å². The van der Waals surface area contributed by atoms with Crippen LogP contribution < -0.4 is 5.43 Å². The summed E-state index contributed by atoms with van der Waals surface area (Å²) in [6.45, 7) is 4.08. The fourth-order valence-corrected chi connectivity index (χ4v) is 0.764. The molecular formula is C7H12N2O. The maximum absolute atomic E-state index is 8.91. The Bertz CT molecular complexity index is 205. The Kier molecular flexibility index (Phi) is 1.85. The van der Waals surface area contributed by atoms with E-state index < -0.39 is 0 Å². The summed E-state index contributed by atoms with van der Waals surface area (Å²) in [5, 5.41) is 8.91. The van der Waals surface area contributed by atoms with Gasteiger partial charge in [0, 0.05) is 12.2 Å². The van der Waals surface area contributed by atoms with Crippen molar-refractivity contribution >= 4 is 0 Å². The monoisotopic (exact) mass is 140 g/mol. The van der Waals surface area contributed by atoms with E-state index in [0.29, 0.717) is 6.04 Å². The molecule has 0 saturated heterocycles. The molecule has 1 rings (SSSR count). The molecule has 56 valence electrons. The van der Waals surface area contributed by atoms with E-state index in [9.17, 15) is 0 Å². The molecule has 0 saturated carbocycles. The van der Waals surface area contributed by atoms with Gasteiger partial charge in [0.05, 0.1) is 6.20 Å². The lowest BCUT2D eigenvalue weighted by Crippen LogP contribution is -2.20. The summed E-state index contributed by atoms with van der Waals surface area (Å²) in [6, 6.07) is 2.02. The van der Waals surface area contributed by atoms with Crippen molar-refractivity contribution in [2.24, 2.45) is 0 Å². The maximum atomic E-state index is 8.91. The second kappa shape index (κ2) is 2.64. The second-order valence-corrected chi connectivity index (χ2v) is 2.56. The summed E-state index contributed by atoms with van der Waals surface area (Å²) in [5.41, 5.74) is 3.08. The van der Waals surface area contributed by atoms with Crippen LogP contribution in [-0.4, -0.2) is 15.8 Å². The Morgan fingerprint density at radius 3 is 2.70 bits per heavy atom. The summed E-state index contributed by atoms with van der Waals surface area (Å²) in [6.07, 6.45) is 3.40. The quantitative estimate of drug-likeness (QED) is 0.646. The molecule has 10 heavy (non-hydrogen) atoms. The van der Waals surface area contributed by atoms with Crippen LogP contribution in [0.15, 0.2) is 18.5 Å². The van der Waals surface area contributed by atoms with Crippen LogP contribution in [-0.2, 0) is 0 Å². The van der Waals surface area contributed by atoms with Crippen molar-refractivity contribution in [2.75, 3.05) is 5.43 Å². The summed E-state index contributed by atoms with van der Waals surface area (Å²) in [5.74, 6) is 0.285. The van der Waals surface area contributed by atoms with Gasteiger partial charge in [-0.2, -0.15) is 0 Å². The number of aromatic hydroxyl groups is 1. The van der Waals surface area contributed by atoms with Crippen LogP contribution in [0, 0.1) is 0 Å². The number of hydrogen-bond donors (Lipinski definition) is 2. The molecule has 0 unspecified atom stereocenters. The summed E-state index contributed by atoms with van der Waals surface area (Å²) in [7, 11) is 0. The van der Waals surface area contributed by atoms with Crippen molar-refractivity contribution in [2.45, 2.75) is 19.9 Å². The Morgan fingerprint density at radius 2 is 2.30 bits per heavy atom. The minimum Gasteiger partial charge on any atom is -0.506 e.